The van der Waals surface area contributed by atoms with Crippen molar-refractivity contribution in [2.24, 2.45) is 0 Å². The Hall–Kier alpha value is -1.20. The third-order valence-corrected chi connectivity index (χ3v) is 2.67. The Morgan fingerprint density at radius 2 is 2.62 bits per heavy atom. The maximum absolute atomic E-state index is 11.5. The van der Waals surface area contributed by atoms with Gasteiger partial charge in [0.05, 0.1) is 6.54 Å². The molecule has 0 aliphatic heterocycles. The van der Waals surface area contributed by atoms with Gasteiger partial charge in [0.15, 0.2) is 17.8 Å². The van der Waals surface area contributed by atoms with Crippen LogP contribution < -0.4 is 5.32 Å². The normalized spacial score (nSPS) is 10.8. The molecule has 0 aliphatic carbocycles. The summed E-state index contributed by atoms with van der Waals surface area (Å²) in [6.07, 6.45) is 1.35. The number of rotatable bonds is 3. The molecule has 0 saturated heterocycles. The number of likely N-dealkylation sites (N-methyl/N-ethyl adjacent to an activating group) is 1. The second-order valence-electron chi connectivity index (χ2n) is 2.59. The van der Waals surface area contributed by atoms with Crippen LogP contribution in [0.4, 0.5) is 0 Å². The molecule has 0 aromatic carbocycles. The molecular formula is C8H8N2O2S. The van der Waals surface area contributed by atoms with E-state index in [1.807, 2.05) is 5.38 Å². The lowest BCUT2D eigenvalue weighted by Crippen LogP contribution is -2.17. The standard InChI is InChI=1S/C8H8N2O2S/c1-9-2-6(11)8-7-5(3-13-8)10-4-12-7/h3-4,9H,2H2,1H3. The minimum atomic E-state index is 0.0410. The van der Waals surface area contributed by atoms with Crippen molar-refractivity contribution in [3.05, 3.63) is 16.7 Å². The Labute approximate surface area is 78.6 Å². The van der Waals surface area contributed by atoms with Crippen molar-refractivity contribution in [2.45, 2.75) is 0 Å². The van der Waals surface area contributed by atoms with E-state index in [1.165, 1.54) is 17.7 Å². The van der Waals surface area contributed by atoms with Crippen LogP contribution in [0.2, 0.25) is 0 Å². The fraction of sp³-hybridized carbons (Fsp3) is 0.250. The van der Waals surface area contributed by atoms with Crippen molar-refractivity contribution in [1.82, 2.24) is 10.3 Å². The Morgan fingerprint density at radius 1 is 1.77 bits per heavy atom. The summed E-state index contributed by atoms with van der Waals surface area (Å²) in [5.41, 5.74) is 1.36. The van der Waals surface area contributed by atoms with E-state index >= 15 is 0 Å². The minimum Gasteiger partial charge on any atom is -0.442 e. The topological polar surface area (TPSA) is 55.1 Å². The first-order valence-corrected chi connectivity index (χ1v) is 4.69. The summed E-state index contributed by atoms with van der Waals surface area (Å²) in [4.78, 5) is 16.1. The van der Waals surface area contributed by atoms with Gasteiger partial charge in [-0.05, 0) is 7.05 Å². The molecule has 13 heavy (non-hydrogen) atoms. The first-order valence-electron chi connectivity index (χ1n) is 3.81. The summed E-state index contributed by atoms with van der Waals surface area (Å²) in [6, 6.07) is 0. The van der Waals surface area contributed by atoms with Crippen LogP contribution in [-0.4, -0.2) is 24.4 Å². The van der Waals surface area contributed by atoms with Gasteiger partial charge < -0.3 is 9.73 Å². The highest BCUT2D eigenvalue weighted by molar-refractivity contribution is 7.13. The smallest absolute Gasteiger partial charge is 0.190 e. The predicted octanol–water partition coefficient (Wildman–Crippen LogP) is 1.29. The van der Waals surface area contributed by atoms with Gasteiger partial charge in [-0.15, -0.1) is 11.3 Å². The molecule has 4 nitrogen and oxygen atoms in total. The molecule has 0 aliphatic rings. The lowest BCUT2D eigenvalue weighted by atomic mass is 10.3. The first-order chi connectivity index (χ1) is 6.33. The highest BCUT2D eigenvalue weighted by Gasteiger charge is 2.14. The van der Waals surface area contributed by atoms with Crippen LogP contribution in [0.3, 0.4) is 0 Å². The average molecular weight is 196 g/mol. The Bertz CT molecular complexity index is 432. The number of ketones is 1. The largest absolute Gasteiger partial charge is 0.442 e. The van der Waals surface area contributed by atoms with Gasteiger partial charge in [0, 0.05) is 5.38 Å². The highest BCUT2D eigenvalue weighted by Crippen LogP contribution is 2.24. The summed E-state index contributed by atoms with van der Waals surface area (Å²) in [5.74, 6) is 0.0410. The summed E-state index contributed by atoms with van der Waals surface area (Å²) in [6.45, 7) is 0.330. The molecular weight excluding hydrogens is 188 g/mol. The van der Waals surface area contributed by atoms with E-state index in [0.29, 0.717) is 17.0 Å². The fourth-order valence-electron chi connectivity index (χ4n) is 1.11. The number of carbonyl (C=O) groups is 1. The van der Waals surface area contributed by atoms with Gasteiger partial charge in [-0.3, -0.25) is 4.79 Å². The van der Waals surface area contributed by atoms with Gasteiger partial charge >= 0.3 is 0 Å². The zero-order valence-electron chi connectivity index (χ0n) is 7.03. The predicted molar refractivity (Wildman–Crippen MR) is 50.1 cm³/mol. The number of nitrogens with one attached hydrogen (secondary N) is 1. The Balaban J connectivity index is 2.42. The van der Waals surface area contributed by atoms with E-state index < -0.39 is 0 Å². The van der Waals surface area contributed by atoms with E-state index in [9.17, 15) is 4.79 Å². The fourth-order valence-corrected chi connectivity index (χ4v) is 1.97. The van der Waals surface area contributed by atoms with Crippen molar-refractivity contribution in [3.63, 3.8) is 0 Å². The van der Waals surface area contributed by atoms with E-state index in [1.54, 1.807) is 7.05 Å². The molecule has 1 N–H and O–H groups in total. The molecule has 68 valence electrons. The molecule has 0 bridgehead atoms. The maximum Gasteiger partial charge on any atom is 0.190 e. The Morgan fingerprint density at radius 3 is 3.38 bits per heavy atom. The zero-order chi connectivity index (χ0) is 9.26. The summed E-state index contributed by atoms with van der Waals surface area (Å²) >= 11 is 1.37. The van der Waals surface area contributed by atoms with Gasteiger partial charge in [-0.1, -0.05) is 0 Å². The van der Waals surface area contributed by atoms with Crippen molar-refractivity contribution in [1.29, 1.82) is 0 Å². The van der Waals surface area contributed by atoms with Gasteiger partial charge in [0.25, 0.3) is 0 Å². The number of fused-ring (bicyclic) bond motifs is 1. The van der Waals surface area contributed by atoms with Crippen LogP contribution in [0.15, 0.2) is 16.2 Å². The number of hydrogen-bond donors (Lipinski definition) is 1. The quantitative estimate of drug-likeness (QED) is 0.751. The van der Waals surface area contributed by atoms with Crippen LogP contribution in [0.5, 0.6) is 0 Å². The summed E-state index contributed by atoms with van der Waals surface area (Å²) < 4.78 is 5.11. The molecule has 2 aromatic heterocycles. The number of thiophene rings is 1. The second-order valence-corrected chi connectivity index (χ2v) is 3.46. The van der Waals surface area contributed by atoms with Gasteiger partial charge in [0.1, 0.15) is 10.4 Å². The van der Waals surface area contributed by atoms with Crippen molar-refractivity contribution >= 4 is 28.2 Å². The zero-order valence-corrected chi connectivity index (χ0v) is 7.85. The molecule has 2 heterocycles. The first kappa shape index (κ1) is 8.40. The average Bonchev–Trinajstić information content (AvgIpc) is 2.62. The molecule has 0 atom stereocenters. The molecule has 0 spiro atoms. The van der Waals surface area contributed by atoms with E-state index in [-0.39, 0.29) is 5.78 Å². The molecule has 0 amide bonds. The molecule has 2 rings (SSSR count). The van der Waals surface area contributed by atoms with Crippen molar-refractivity contribution in [2.75, 3.05) is 13.6 Å². The third kappa shape index (κ3) is 1.36. The molecule has 0 fully saturated rings. The van der Waals surface area contributed by atoms with Crippen LogP contribution in [0.1, 0.15) is 9.67 Å². The van der Waals surface area contributed by atoms with Crippen molar-refractivity contribution < 1.29 is 9.21 Å². The molecule has 2 aromatic rings. The molecule has 0 unspecified atom stereocenters. The lowest BCUT2D eigenvalue weighted by molar-refractivity contribution is 0.0998. The number of hydrogen-bond acceptors (Lipinski definition) is 5. The monoisotopic (exact) mass is 196 g/mol. The highest BCUT2D eigenvalue weighted by atomic mass is 32.1. The van der Waals surface area contributed by atoms with E-state index in [2.05, 4.69) is 10.3 Å². The third-order valence-electron chi connectivity index (χ3n) is 1.68. The van der Waals surface area contributed by atoms with Gasteiger partial charge in [0.2, 0.25) is 0 Å². The van der Waals surface area contributed by atoms with Crippen LogP contribution in [0.25, 0.3) is 11.1 Å². The van der Waals surface area contributed by atoms with Crippen LogP contribution in [-0.2, 0) is 0 Å². The van der Waals surface area contributed by atoms with E-state index in [0.717, 1.165) is 5.52 Å². The van der Waals surface area contributed by atoms with E-state index in [4.69, 9.17) is 4.42 Å². The molecule has 5 heteroatoms. The Kier molecular flexibility index (Phi) is 2.12. The molecule has 0 saturated carbocycles. The number of oxazole rings is 1. The van der Waals surface area contributed by atoms with Crippen LogP contribution >= 0.6 is 11.3 Å². The number of nitrogens with zero attached hydrogens (tertiary/aromatic N) is 1. The lowest BCUT2D eigenvalue weighted by Gasteiger charge is -1.93. The number of carbonyl (C=O) groups excluding carboxylic acids is 1. The van der Waals surface area contributed by atoms with Gasteiger partial charge in [-0.25, -0.2) is 4.98 Å². The van der Waals surface area contributed by atoms with Crippen LogP contribution in [0, 0.1) is 0 Å². The minimum absolute atomic E-state index is 0.0410. The maximum atomic E-state index is 11.5. The number of aromatic nitrogens is 1. The summed E-state index contributed by atoms with van der Waals surface area (Å²) in [5, 5.41) is 4.63. The van der Waals surface area contributed by atoms with Gasteiger partial charge in [-0.2, -0.15) is 0 Å². The second kappa shape index (κ2) is 3.27. The summed E-state index contributed by atoms with van der Waals surface area (Å²) in [7, 11) is 1.74. The van der Waals surface area contributed by atoms with Crippen molar-refractivity contribution in [3.8, 4) is 0 Å². The molecule has 0 radical (unpaired) electrons. The SMILES string of the molecule is CNCC(=O)c1scc2ncoc12. The number of Topliss-reactive ketones (excluding diaryl/α,β-unsaturated/α-hetero) is 1.